The molecule has 4 aromatic rings. The van der Waals surface area contributed by atoms with Crippen molar-refractivity contribution in [3.63, 3.8) is 0 Å². The fourth-order valence-corrected chi connectivity index (χ4v) is 4.49. The normalized spacial score (nSPS) is 14.8. The average molecular weight is 528 g/mol. The molecule has 1 atom stereocenters. The van der Waals surface area contributed by atoms with Crippen LogP contribution in [0.15, 0.2) is 108 Å². The third-order valence-electron chi connectivity index (χ3n) is 6.13. The second kappa shape index (κ2) is 11.5. The molecule has 0 aromatic heterocycles. The molecule has 0 fully saturated rings. The van der Waals surface area contributed by atoms with Crippen LogP contribution in [0, 0.1) is 0 Å². The fraction of sp³-hybridized carbons (Fsp3) is 0.133. The van der Waals surface area contributed by atoms with Crippen LogP contribution in [-0.4, -0.2) is 15.8 Å². The van der Waals surface area contributed by atoms with Gasteiger partial charge in [-0.3, -0.25) is 0 Å². The maximum Gasteiger partial charge on any atom is 0.187 e. The van der Waals surface area contributed by atoms with E-state index in [0.717, 1.165) is 39.5 Å². The summed E-state index contributed by atoms with van der Waals surface area (Å²) in [6, 6.07) is 33.6. The fourth-order valence-electron chi connectivity index (χ4n) is 4.19. The van der Waals surface area contributed by atoms with Gasteiger partial charge in [0.25, 0.3) is 0 Å². The first-order chi connectivity index (χ1) is 18.0. The minimum Gasteiger partial charge on any atom is -0.489 e. The Balaban J connectivity index is 1.26. The van der Waals surface area contributed by atoms with Crippen molar-refractivity contribution in [3.05, 3.63) is 130 Å². The van der Waals surface area contributed by atoms with Crippen LogP contribution in [0.5, 0.6) is 11.5 Å². The second-order valence-corrected chi connectivity index (χ2v) is 9.59. The van der Waals surface area contributed by atoms with Crippen molar-refractivity contribution < 1.29 is 9.47 Å². The van der Waals surface area contributed by atoms with Gasteiger partial charge in [-0.05, 0) is 83.0 Å². The number of benzene rings is 4. The Bertz CT molecular complexity index is 1390. The summed E-state index contributed by atoms with van der Waals surface area (Å²) in [5, 5.41) is 7.42. The van der Waals surface area contributed by atoms with Crippen LogP contribution in [0.4, 0.5) is 0 Å². The highest BCUT2D eigenvalue weighted by molar-refractivity contribution is 7.80. The van der Waals surface area contributed by atoms with Crippen LogP contribution in [0.2, 0.25) is 5.02 Å². The Hall–Kier alpha value is -3.87. The van der Waals surface area contributed by atoms with E-state index in [-0.39, 0.29) is 11.2 Å². The summed E-state index contributed by atoms with van der Waals surface area (Å²) in [6.45, 7) is 0.972. The van der Waals surface area contributed by atoms with Gasteiger partial charge in [-0.1, -0.05) is 66.2 Å². The van der Waals surface area contributed by atoms with E-state index in [1.165, 1.54) is 0 Å². The molecular formula is C30H26ClN3O2S. The Labute approximate surface area is 227 Å². The van der Waals surface area contributed by atoms with Crippen molar-refractivity contribution in [1.82, 2.24) is 5.01 Å². The van der Waals surface area contributed by atoms with Crippen molar-refractivity contribution in [2.75, 3.05) is 0 Å². The van der Waals surface area contributed by atoms with E-state index in [9.17, 15) is 0 Å². The number of ether oxygens (including phenoxy) is 2. The lowest BCUT2D eigenvalue weighted by Gasteiger charge is -2.22. The minimum absolute atomic E-state index is 0.103. The molecule has 0 amide bonds. The molecule has 186 valence electrons. The molecule has 0 bridgehead atoms. The SMILES string of the molecule is NC(=S)N1N=C(c2ccc(OCc3ccc(Cl)cc3)cc2)CC1c1cccc(OCc2ccccc2)c1. The van der Waals surface area contributed by atoms with Gasteiger partial charge in [0.15, 0.2) is 5.11 Å². The Morgan fingerprint density at radius 2 is 1.51 bits per heavy atom. The van der Waals surface area contributed by atoms with E-state index in [1.807, 2.05) is 97.1 Å². The topological polar surface area (TPSA) is 60.1 Å². The number of nitrogens with zero attached hydrogens (tertiary/aromatic N) is 2. The molecular weight excluding hydrogens is 502 g/mol. The molecule has 0 saturated heterocycles. The third-order valence-corrected chi connectivity index (χ3v) is 6.57. The third kappa shape index (κ3) is 6.28. The lowest BCUT2D eigenvalue weighted by atomic mass is 9.98. The zero-order valence-electron chi connectivity index (χ0n) is 20.1. The van der Waals surface area contributed by atoms with Gasteiger partial charge in [-0.2, -0.15) is 5.10 Å². The van der Waals surface area contributed by atoms with Crippen LogP contribution in [0.1, 0.15) is 34.7 Å². The van der Waals surface area contributed by atoms with E-state index in [1.54, 1.807) is 5.01 Å². The van der Waals surface area contributed by atoms with Crippen LogP contribution >= 0.6 is 23.8 Å². The summed E-state index contributed by atoms with van der Waals surface area (Å²) in [7, 11) is 0. The number of hydrazone groups is 1. The molecule has 1 aliphatic rings. The smallest absolute Gasteiger partial charge is 0.187 e. The maximum absolute atomic E-state index is 6.06. The zero-order valence-corrected chi connectivity index (χ0v) is 21.7. The van der Waals surface area contributed by atoms with Gasteiger partial charge < -0.3 is 15.2 Å². The lowest BCUT2D eigenvalue weighted by molar-refractivity contribution is 0.304. The quantitative estimate of drug-likeness (QED) is 0.253. The second-order valence-electron chi connectivity index (χ2n) is 8.74. The monoisotopic (exact) mass is 527 g/mol. The average Bonchev–Trinajstić information content (AvgIpc) is 3.39. The number of hydrogen-bond acceptors (Lipinski definition) is 4. The van der Waals surface area contributed by atoms with Crippen molar-refractivity contribution in [1.29, 1.82) is 0 Å². The summed E-state index contributed by atoms with van der Waals surface area (Å²) < 4.78 is 12.0. The lowest BCUT2D eigenvalue weighted by Crippen LogP contribution is -2.31. The van der Waals surface area contributed by atoms with Crippen LogP contribution in [-0.2, 0) is 13.2 Å². The molecule has 0 aliphatic carbocycles. The van der Waals surface area contributed by atoms with Gasteiger partial charge in [-0.15, -0.1) is 0 Å². The van der Waals surface area contributed by atoms with Gasteiger partial charge in [0, 0.05) is 11.4 Å². The van der Waals surface area contributed by atoms with Crippen molar-refractivity contribution in [2.24, 2.45) is 10.8 Å². The van der Waals surface area contributed by atoms with Crippen molar-refractivity contribution in [2.45, 2.75) is 25.7 Å². The number of hydrogen-bond donors (Lipinski definition) is 1. The number of halogens is 1. The predicted molar refractivity (Wildman–Crippen MR) is 152 cm³/mol. The molecule has 2 N–H and O–H groups in total. The van der Waals surface area contributed by atoms with Gasteiger partial charge in [0.05, 0.1) is 11.8 Å². The summed E-state index contributed by atoms with van der Waals surface area (Å²) in [5.41, 5.74) is 11.2. The molecule has 7 heteroatoms. The first-order valence-corrected chi connectivity index (χ1v) is 12.7. The highest BCUT2D eigenvalue weighted by atomic mass is 35.5. The van der Waals surface area contributed by atoms with Crippen molar-refractivity contribution in [3.8, 4) is 11.5 Å². The van der Waals surface area contributed by atoms with Gasteiger partial charge in [0.1, 0.15) is 24.7 Å². The number of nitrogens with two attached hydrogens (primary N) is 1. The molecule has 37 heavy (non-hydrogen) atoms. The van der Waals surface area contributed by atoms with E-state index in [0.29, 0.717) is 24.7 Å². The van der Waals surface area contributed by atoms with E-state index in [4.69, 9.17) is 44.1 Å². The van der Waals surface area contributed by atoms with Gasteiger partial charge in [0.2, 0.25) is 0 Å². The van der Waals surface area contributed by atoms with Gasteiger partial charge in [-0.25, -0.2) is 5.01 Å². The Morgan fingerprint density at radius 1 is 0.838 bits per heavy atom. The van der Waals surface area contributed by atoms with E-state index >= 15 is 0 Å². The standard InChI is InChI=1S/C30H26ClN3O2S/c31-25-13-9-22(10-14-25)20-35-26-15-11-23(12-16-26)28-18-29(34(33-28)30(32)37)24-7-4-8-27(17-24)36-19-21-5-2-1-3-6-21/h1-17,29H,18-20H2,(H2,32,37). The van der Waals surface area contributed by atoms with Gasteiger partial charge >= 0.3 is 0 Å². The molecule has 5 rings (SSSR count). The van der Waals surface area contributed by atoms with E-state index < -0.39 is 0 Å². The first-order valence-electron chi connectivity index (χ1n) is 12.0. The number of thiocarbonyl (C=S) groups is 1. The molecule has 1 heterocycles. The molecule has 1 unspecified atom stereocenters. The summed E-state index contributed by atoms with van der Waals surface area (Å²) in [6.07, 6.45) is 0.671. The van der Waals surface area contributed by atoms with Crippen LogP contribution < -0.4 is 15.2 Å². The Kier molecular flexibility index (Phi) is 7.68. The molecule has 5 nitrogen and oxygen atoms in total. The molecule has 4 aromatic carbocycles. The predicted octanol–water partition coefficient (Wildman–Crippen LogP) is 6.89. The highest BCUT2D eigenvalue weighted by Crippen LogP contribution is 2.34. The molecule has 1 aliphatic heterocycles. The Morgan fingerprint density at radius 3 is 2.22 bits per heavy atom. The summed E-state index contributed by atoms with van der Waals surface area (Å²) >= 11 is 11.3. The largest absolute Gasteiger partial charge is 0.489 e. The molecule has 0 saturated carbocycles. The summed E-state index contributed by atoms with van der Waals surface area (Å²) in [4.78, 5) is 0. The minimum atomic E-state index is -0.103. The maximum atomic E-state index is 6.06. The van der Waals surface area contributed by atoms with E-state index in [2.05, 4.69) is 6.07 Å². The first kappa shape index (κ1) is 24.8. The van der Waals surface area contributed by atoms with Crippen LogP contribution in [0.25, 0.3) is 0 Å². The molecule has 0 radical (unpaired) electrons. The van der Waals surface area contributed by atoms with Crippen molar-refractivity contribution >= 4 is 34.6 Å². The molecule has 0 spiro atoms. The van der Waals surface area contributed by atoms with Crippen LogP contribution in [0.3, 0.4) is 0 Å². The highest BCUT2D eigenvalue weighted by Gasteiger charge is 2.30. The number of rotatable bonds is 8. The summed E-state index contributed by atoms with van der Waals surface area (Å²) in [5.74, 6) is 1.57. The zero-order chi connectivity index (χ0) is 25.6.